The van der Waals surface area contributed by atoms with E-state index in [-0.39, 0.29) is 0 Å². The molecule has 0 heterocycles. The molecule has 0 spiro atoms. The van der Waals surface area contributed by atoms with Crippen LogP contribution in [0.5, 0.6) is 5.75 Å². The van der Waals surface area contributed by atoms with Crippen LogP contribution >= 0.6 is 0 Å². The summed E-state index contributed by atoms with van der Waals surface area (Å²) in [6, 6.07) is 24.6. The fourth-order valence-electron chi connectivity index (χ4n) is 4.81. The minimum absolute atomic E-state index is 0.402. The van der Waals surface area contributed by atoms with Gasteiger partial charge in [0.1, 0.15) is 5.75 Å². The zero-order valence-electron chi connectivity index (χ0n) is 20.1. The number of fused-ring (bicyclic) bond motifs is 3. The highest BCUT2D eigenvalue weighted by molar-refractivity contribution is 5.79. The fourth-order valence-corrected chi connectivity index (χ4v) is 4.81. The van der Waals surface area contributed by atoms with Gasteiger partial charge in [-0.2, -0.15) is 0 Å². The molecule has 1 aliphatic carbocycles. The highest BCUT2D eigenvalue weighted by Gasteiger charge is 2.36. The van der Waals surface area contributed by atoms with Crippen molar-refractivity contribution in [1.82, 2.24) is 0 Å². The number of ether oxygens (including phenoxy) is 2. The highest BCUT2D eigenvalue weighted by Crippen LogP contribution is 2.46. The fraction of sp³-hybridized carbons (Fsp3) is 0.367. The maximum atomic E-state index is 11.9. The molecule has 178 valence electrons. The molecule has 4 rings (SSSR count). The molecule has 0 bridgehead atoms. The van der Waals surface area contributed by atoms with E-state index in [1.807, 2.05) is 12.1 Å². The minimum atomic E-state index is -1.35. The van der Waals surface area contributed by atoms with Gasteiger partial charge in [-0.25, -0.2) is 4.79 Å². The van der Waals surface area contributed by atoms with Crippen molar-refractivity contribution in [3.05, 3.63) is 89.5 Å². The molecule has 0 aromatic heterocycles. The van der Waals surface area contributed by atoms with Crippen molar-refractivity contribution in [2.75, 3.05) is 13.2 Å². The smallest absolute Gasteiger partial charge is 0.340 e. The van der Waals surface area contributed by atoms with Gasteiger partial charge in [-0.1, -0.05) is 80.4 Å². The van der Waals surface area contributed by atoms with E-state index < -0.39 is 11.6 Å². The maximum Gasteiger partial charge on any atom is 0.340 e. The topological polar surface area (TPSA) is 55.8 Å². The van der Waals surface area contributed by atoms with Crippen LogP contribution in [0.2, 0.25) is 0 Å². The van der Waals surface area contributed by atoms with Crippen molar-refractivity contribution >= 4 is 5.97 Å². The molecule has 0 radical (unpaired) electrons. The van der Waals surface area contributed by atoms with Crippen LogP contribution in [0.4, 0.5) is 0 Å². The summed E-state index contributed by atoms with van der Waals surface area (Å²) in [5.41, 5.74) is 4.77. The lowest BCUT2D eigenvalue weighted by Crippen LogP contribution is -2.35. The summed E-state index contributed by atoms with van der Waals surface area (Å²) in [6.07, 6.45) is 4.91. The zero-order chi connectivity index (χ0) is 24.0. The second-order valence-electron chi connectivity index (χ2n) is 9.14. The van der Waals surface area contributed by atoms with Gasteiger partial charge in [-0.05, 0) is 66.1 Å². The van der Waals surface area contributed by atoms with Gasteiger partial charge in [0.2, 0.25) is 0 Å². The number of hydrogen-bond acceptors (Lipinski definition) is 3. The number of rotatable bonds is 12. The summed E-state index contributed by atoms with van der Waals surface area (Å²) < 4.78 is 11.8. The molecule has 1 N–H and O–H groups in total. The second-order valence-corrected chi connectivity index (χ2v) is 9.14. The standard InChI is InChI=1S/C30H34O4/c1-3-4-9-21-34-30(2,29(31)32)22-16-18-23(19-17-22)33-20-10-15-28-26-13-7-5-11-24(26)25-12-6-8-14-27(25)28/h5-8,11-14,16-19,28H,3-4,9-10,15,20-21H2,1-2H3,(H,31,32). The Balaban J connectivity index is 1.33. The van der Waals surface area contributed by atoms with E-state index in [9.17, 15) is 9.90 Å². The first-order valence-electron chi connectivity index (χ1n) is 12.3. The molecule has 1 aliphatic rings. The second kappa shape index (κ2) is 10.9. The molecule has 0 amide bonds. The van der Waals surface area contributed by atoms with Gasteiger partial charge in [0.15, 0.2) is 5.60 Å². The minimum Gasteiger partial charge on any atom is -0.494 e. The molecule has 1 atom stereocenters. The third-order valence-corrected chi connectivity index (χ3v) is 6.82. The van der Waals surface area contributed by atoms with Gasteiger partial charge in [0.25, 0.3) is 0 Å². The van der Waals surface area contributed by atoms with Gasteiger partial charge < -0.3 is 14.6 Å². The first kappa shape index (κ1) is 24.0. The number of aliphatic carboxylic acids is 1. The average Bonchev–Trinajstić information content (AvgIpc) is 3.18. The Labute approximate surface area is 202 Å². The van der Waals surface area contributed by atoms with Crippen LogP contribution in [-0.2, 0) is 15.1 Å². The molecule has 3 aromatic carbocycles. The van der Waals surface area contributed by atoms with Gasteiger partial charge in [0.05, 0.1) is 6.61 Å². The summed E-state index contributed by atoms with van der Waals surface area (Å²) in [7, 11) is 0. The van der Waals surface area contributed by atoms with Crippen molar-refractivity contribution < 1.29 is 19.4 Å². The Hall–Kier alpha value is -3.11. The predicted octanol–water partition coefficient (Wildman–Crippen LogP) is 7.16. The Morgan fingerprint density at radius 1 is 0.853 bits per heavy atom. The normalized spacial score (nSPS) is 14.3. The Bertz CT molecular complexity index is 1060. The lowest BCUT2D eigenvalue weighted by Gasteiger charge is -2.26. The molecular weight excluding hydrogens is 424 g/mol. The molecule has 0 saturated carbocycles. The van der Waals surface area contributed by atoms with Gasteiger partial charge in [-0.15, -0.1) is 0 Å². The molecule has 0 saturated heterocycles. The van der Waals surface area contributed by atoms with Crippen LogP contribution in [0.15, 0.2) is 72.8 Å². The number of carboxylic acid groups (broad SMARTS) is 1. The van der Waals surface area contributed by atoms with Crippen LogP contribution in [0, 0.1) is 0 Å². The van der Waals surface area contributed by atoms with Crippen molar-refractivity contribution in [3.8, 4) is 16.9 Å². The van der Waals surface area contributed by atoms with Crippen molar-refractivity contribution in [3.63, 3.8) is 0 Å². The summed E-state index contributed by atoms with van der Waals surface area (Å²) in [5.74, 6) is 0.170. The summed E-state index contributed by atoms with van der Waals surface area (Å²) in [5, 5.41) is 9.77. The van der Waals surface area contributed by atoms with Crippen LogP contribution in [0.25, 0.3) is 11.1 Å². The lowest BCUT2D eigenvalue weighted by atomic mass is 9.92. The maximum absolute atomic E-state index is 11.9. The number of benzene rings is 3. The molecular formula is C30H34O4. The molecule has 0 aliphatic heterocycles. The summed E-state index contributed by atoms with van der Waals surface area (Å²) in [4.78, 5) is 11.9. The number of unbranched alkanes of at least 4 members (excludes halogenated alkanes) is 2. The van der Waals surface area contributed by atoms with Gasteiger partial charge in [-0.3, -0.25) is 0 Å². The molecule has 1 unspecified atom stereocenters. The van der Waals surface area contributed by atoms with E-state index in [0.717, 1.165) is 37.9 Å². The van der Waals surface area contributed by atoms with E-state index in [4.69, 9.17) is 9.47 Å². The molecule has 3 aromatic rings. The van der Waals surface area contributed by atoms with Crippen LogP contribution in [-0.4, -0.2) is 24.3 Å². The predicted molar refractivity (Wildman–Crippen MR) is 135 cm³/mol. The van der Waals surface area contributed by atoms with Crippen molar-refractivity contribution in [2.45, 2.75) is 57.5 Å². The van der Waals surface area contributed by atoms with Gasteiger partial charge >= 0.3 is 5.97 Å². The van der Waals surface area contributed by atoms with Crippen molar-refractivity contribution in [2.24, 2.45) is 0 Å². The van der Waals surface area contributed by atoms with E-state index >= 15 is 0 Å². The largest absolute Gasteiger partial charge is 0.494 e. The zero-order valence-corrected chi connectivity index (χ0v) is 20.1. The highest BCUT2D eigenvalue weighted by atomic mass is 16.5. The van der Waals surface area contributed by atoms with E-state index in [1.54, 1.807) is 19.1 Å². The molecule has 34 heavy (non-hydrogen) atoms. The van der Waals surface area contributed by atoms with Gasteiger partial charge in [0, 0.05) is 12.5 Å². The number of carbonyl (C=O) groups is 1. The monoisotopic (exact) mass is 458 g/mol. The van der Waals surface area contributed by atoms with E-state index in [0.29, 0.717) is 24.7 Å². The first-order valence-corrected chi connectivity index (χ1v) is 12.3. The van der Waals surface area contributed by atoms with Crippen LogP contribution < -0.4 is 4.74 Å². The molecule has 4 heteroatoms. The SMILES string of the molecule is CCCCCOC(C)(C(=O)O)c1ccc(OCCCC2c3ccccc3-c3ccccc32)cc1. The van der Waals surface area contributed by atoms with E-state index in [1.165, 1.54) is 22.3 Å². The Morgan fingerprint density at radius 2 is 1.47 bits per heavy atom. The lowest BCUT2D eigenvalue weighted by molar-refractivity contribution is -0.165. The van der Waals surface area contributed by atoms with Crippen LogP contribution in [0.3, 0.4) is 0 Å². The quantitative estimate of drug-likeness (QED) is 0.292. The molecule has 0 fully saturated rings. The Morgan fingerprint density at radius 3 is 2.06 bits per heavy atom. The average molecular weight is 459 g/mol. The first-order chi connectivity index (χ1) is 16.5. The Kier molecular flexibility index (Phi) is 7.69. The van der Waals surface area contributed by atoms with Crippen LogP contribution in [0.1, 0.15) is 68.6 Å². The molecule has 4 nitrogen and oxygen atoms in total. The summed E-state index contributed by atoms with van der Waals surface area (Å²) in [6.45, 7) is 4.78. The number of hydrogen-bond donors (Lipinski definition) is 1. The number of carboxylic acids is 1. The summed E-state index contributed by atoms with van der Waals surface area (Å²) >= 11 is 0. The third kappa shape index (κ3) is 5.02. The van der Waals surface area contributed by atoms with Crippen molar-refractivity contribution in [1.29, 1.82) is 0 Å². The van der Waals surface area contributed by atoms with E-state index in [2.05, 4.69) is 55.5 Å². The third-order valence-electron chi connectivity index (χ3n) is 6.82.